The lowest BCUT2D eigenvalue weighted by molar-refractivity contribution is 0.912. The molecule has 4 nitrogen and oxygen atoms in total. The maximum absolute atomic E-state index is 5.97. The third kappa shape index (κ3) is 3.98. The zero-order chi connectivity index (χ0) is 14.8. The fourth-order valence-electron chi connectivity index (χ4n) is 2.72. The van der Waals surface area contributed by atoms with Gasteiger partial charge in [-0.2, -0.15) is 0 Å². The molecule has 0 aliphatic heterocycles. The number of halogens is 1. The Balaban J connectivity index is 0.00000176. The van der Waals surface area contributed by atoms with E-state index in [0.717, 1.165) is 16.4 Å². The van der Waals surface area contributed by atoms with Gasteiger partial charge in [0.25, 0.3) is 0 Å². The summed E-state index contributed by atoms with van der Waals surface area (Å²) in [5.41, 5.74) is 10.9. The van der Waals surface area contributed by atoms with Crippen LogP contribution in [0.5, 0.6) is 0 Å². The molecule has 1 aromatic carbocycles. The maximum atomic E-state index is 5.97. The van der Waals surface area contributed by atoms with E-state index in [0.29, 0.717) is 12.5 Å². The smallest absolute Gasteiger partial charge is 0.193 e. The SMILES string of the molecule is Cc1nc(CN=C(N)Nc2ccc3c(c2)CCC3)c(C)s1.I. The van der Waals surface area contributed by atoms with Gasteiger partial charge in [-0.25, -0.2) is 9.98 Å². The molecule has 0 saturated carbocycles. The zero-order valence-corrected chi connectivity index (χ0v) is 16.0. The average molecular weight is 428 g/mol. The molecule has 1 heterocycles. The first-order valence-corrected chi connectivity index (χ1v) is 8.05. The number of anilines is 1. The van der Waals surface area contributed by atoms with Crippen molar-refractivity contribution >= 4 is 47.0 Å². The third-order valence-corrected chi connectivity index (χ3v) is 4.70. The van der Waals surface area contributed by atoms with Crippen molar-refractivity contribution in [3.05, 3.63) is 44.9 Å². The zero-order valence-electron chi connectivity index (χ0n) is 12.8. The molecular formula is C16H21IN4S. The van der Waals surface area contributed by atoms with Gasteiger partial charge >= 0.3 is 0 Å². The lowest BCUT2D eigenvalue weighted by Crippen LogP contribution is -2.22. The second-order valence-electron chi connectivity index (χ2n) is 5.40. The maximum Gasteiger partial charge on any atom is 0.193 e. The number of hydrogen-bond donors (Lipinski definition) is 2. The van der Waals surface area contributed by atoms with Crippen LogP contribution in [0.1, 0.15) is 33.1 Å². The molecule has 1 aromatic heterocycles. The van der Waals surface area contributed by atoms with Crippen LogP contribution in [-0.4, -0.2) is 10.9 Å². The standard InChI is InChI=1S/C16H20N4S.HI/c1-10-15(19-11(2)21-10)9-18-16(17)20-14-7-6-12-4-3-5-13(12)8-14;/h6-8H,3-5,9H2,1-2H3,(H3,17,18,20);1H. The van der Waals surface area contributed by atoms with Crippen molar-refractivity contribution in [1.29, 1.82) is 0 Å². The molecule has 0 unspecified atom stereocenters. The minimum absolute atomic E-state index is 0. The number of nitrogens with zero attached hydrogens (tertiary/aromatic N) is 2. The first kappa shape index (κ1) is 17.2. The molecule has 0 atom stereocenters. The topological polar surface area (TPSA) is 63.3 Å². The van der Waals surface area contributed by atoms with Gasteiger partial charge in [0, 0.05) is 10.6 Å². The number of guanidine groups is 1. The number of fused-ring (bicyclic) bond motifs is 1. The number of nitrogens with two attached hydrogens (primary N) is 1. The molecule has 6 heteroatoms. The van der Waals surface area contributed by atoms with E-state index in [2.05, 4.69) is 40.4 Å². The molecule has 0 saturated heterocycles. The van der Waals surface area contributed by atoms with Gasteiger partial charge in [-0.15, -0.1) is 35.3 Å². The highest BCUT2D eigenvalue weighted by Gasteiger charge is 2.11. The number of nitrogens with one attached hydrogen (secondary N) is 1. The van der Waals surface area contributed by atoms with Crippen molar-refractivity contribution in [3.63, 3.8) is 0 Å². The fourth-order valence-corrected chi connectivity index (χ4v) is 3.54. The van der Waals surface area contributed by atoms with Gasteiger partial charge in [-0.3, -0.25) is 0 Å². The number of aromatic nitrogens is 1. The van der Waals surface area contributed by atoms with Crippen molar-refractivity contribution in [2.45, 2.75) is 39.7 Å². The summed E-state index contributed by atoms with van der Waals surface area (Å²) in [5.74, 6) is 0.443. The molecule has 3 N–H and O–H groups in total. The van der Waals surface area contributed by atoms with E-state index in [-0.39, 0.29) is 24.0 Å². The van der Waals surface area contributed by atoms with E-state index < -0.39 is 0 Å². The summed E-state index contributed by atoms with van der Waals surface area (Å²) in [5, 5.41) is 4.24. The van der Waals surface area contributed by atoms with Crippen LogP contribution in [0.4, 0.5) is 5.69 Å². The first-order valence-electron chi connectivity index (χ1n) is 7.23. The molecule has 3 rings (SSSR count). The Labute approximate surface area is 152 Å². The molecule has 0 fully saturated rings. The summed E-state index contributed by atoms with van der Waals surface area (Å²) in [4.78, 5) is 10.1. The highest BCUT2D eigenvalue weighted by Crippen LogP contribution is 2.24. The molecule has 0 amide bonds. The number of benzene rings is 1. The molecule has 2 aromatic rings. The van der Waals surface area contributed by atoms with Gasteiger partial charge < -0.3 is 11.1 Å². The average Bonchev–Trinajstić information content (AvgIpc) is 3.02. The Morgan fingerprint density at radius 3 is 2.82 bits per heavy atom. The molecule has 22 heavy (non-hydrogen) atoms. The van der Waals surface area contributed by atoms with E-state index in [9.17, 15) is 0 Å². The first-order chi connectivity index (χ1) is 10.1. The van der Waals surface area contributed by atoms with Gasteiger partial charge in [0.2, 0.25) is 0 Å². The van der Waals surface area contributed by atoms with Crippen molar-refractivity contribution in [3.8, 4) is 0 Å². The van der Waals surface area contributed by atoms with Crippen LogP contribution in [0, 0.1) is 13.8 Å². The molecule has 0 spiro atoms. The lowest BCUT2D eigenvalue weighted by atomic mass is 10.1. The number of aliphatic imine (C=N–C) groups is 1. The largest absolute Gasteiger partial charge is 0.370 e. The highest BCUT2D eigenvalue weighted by atomic mass is 127. The van der Waals surface area contributed by atoms with E-state index >= 15 is 0 Å². The van der Waals surface area contributed by atoms with E-state index in [1.165, 1.54) is 35.3 Å². The lowest BCUT2D eigenvalue weighted by Gasteiger charge is -2.07. The van der Waals surface area contributed by atoms with Crippen molar-refractivity contribution in [2.24, 2.45) is 10.7 Å². The number of hydrogen-bond acceptors (Lipinski definition) is 3. The molecule has 1 aliphatic rings. The summed E-state index contributed by atoms with van der Waals surface area (Å²) < 4.78 is 0. The van der Waals surface area contributed by atoms with Gasteiger partial charge in [-0.1, -0.05) is 6.07 Å². The van der Waals surface area contributed by atoms with Crippen molar-refractivity contribution in [1.82, 2.24) is 4.98 Å². The normalized spacial score (nSPS) is 13.6. The molecule has 118 valence electrons. The van der Waals surface area contributed by atoms with Crippen LogP contribution in [0.2, 0.25) is 0 Å². The number of aryl methyl sites for hydroxylation is 4. The van der Waals surface area contributed by atoms with Crippen molar-refractivity contribution < 1.29 is 0 Å². The quantitative estimate of drug-likeness (QED) is 0.444. The van der Waals surface area contributed by atoms with Gasteiger partial charge in [-0.05, 0) is 56.4 Å². The predicted molar refractivity (Wildman–Crippen MR) is 104 cm³/mol. The Bertz CT molecular complexity index is 693. The Morgan fingerprint density at radius 2 is 2.09 bits per heavy atom. The van der Waals surface area contributed by atoms with Crippen LogP contribution in [0.3, 0.4) is 0 Å². The summed E-state index contributed by atoms with van der Waals surface area (Å²) >= 11 is 1.70. The van der Waals surface area contributed by atoms with Crippen LogP contribution < -0.4 is 11.1 Å². The molecule has 0 radical (unpaired) electrons. The Kier molecular flexibility index (Phi) is 5.80. The van der Waals surface area contributed by atoms with Gasteiger partial charge in [0.1, 0.15) is 0 Å². The monoisotopic (exact) mass is 428 g/mol. The molecular weight excluding hydrogens is 407 g/mol. The molecule has 0 bridgehead atoms. The Morgan fingerprint density at radius 1 is 1.32 bits per heavy atom. The van der Waals surface area contributed by atoms with E-state index in [4.69, 9.17) is 5.73 Å². The van der Waals surface area contributed by atoms with Gasteiger partial charge in [0.05, 0.1) is 17.2 Å². The minimum Gasteiger partial charge on any atom is -0.370 e. The van der Waals surface area contributed by atoms with Crippen LogP contribution in [0.25, 0.3) is 0 Å². The summed E-state index contributed by atoms with van der Waals surface area (Å²) in [6.07, 6.45) is 3.62. The number of rotatable bonds is 3. The molecule has 1 aliphatic carbocycles. The van der Waals surface area contributed by atoms with E-state index in [1.54, 1.807) is 11.3 Å². The van der Waals surface area contributed by atoms with Gasteiger partial charge in [0.15, 0.2) is 5.96 Å². The van der Waals surface area contributed by atoms with Crippen LogP contribution in [0.15, 0.2) is 23.2 Å². The van der Waals surface area contributed by atoms with E-state index in [1.807, 2.05) is 6.92 Å². The minimum atomic E-state index is 0. The third-order valence-electron chi connectivity index (χ3n) is 3.77. The van der Waals surface area contributed by atoms with Crippen LogP contribution >= 0.6 is 35.3 Å². The van der Waals surface area contributed by atoms with Crippen LogP contribution in [-0.2, 0) is 19.4 Å². The predicted octanol–water partition coefficient (Wildman–Crippen LogP) is 3.79. The Hall–Kier alpha value is -1.15. The second kappa shape index (κ2) is 7.41. The fraction of sp³-hybridized carbons (Fsp3) is 0.375. The second-order valence-corrected chi connectivity index (χ2v) is 6.81. The van der Waals surface area contributed by atoms with Crippen molar-refractivity contribution in [2.75, 3.05) is 5.32 Å². The summed E-state index contributed by atoms with van der Waals surface area (Å²) in [6, 6.07) is 6.44. The highest BCUT2D eigenvalue weighted by molar-refractivity contribution is 14.0. The summed E-state index contributed by atoms with van der Waals surface area (Å²) in [7, 11) is 0. The number of thiazole rings is 1. The summed E-state index contributed by atoms with van der Waals surface area (Å²) in [6.45, 7) is 4.61.